The molecule has 0 aromatic rings. The molecule has 1 saturated heterocycles. The number of azide groups is 1. The summed E-state index contributed by atoms with van der Waals surface area (Å²) in [5.74, 6) is -2.19. The first-order chi connectivity index (χ1) is 6.55. The minimum Gasteiger partial charge on any atom is -0.391 e. The summed E-state index contributed by atoms with van der Waals surface area (Å²) in [5, 5.41) is 39.8. The van der Waals surface area contributed by atoms with Crippen molar-refractivity contribution in [1.82, 2.24) is 0 Å². The second-order valence-corrected chi connectivity index (χ2v) is 3.01. The second kappa shape index (κ2) is 4.09. The summed E-state index contributed by atoms with van der Waals surface area (Å²) in [7, 11) is 0. The lowest BCUT2D eigenvalue weighted by molar-refractivity contribution is -0.244. The first-order valence-corrected chi connectivity index (χ1v) is 3.93. The maximum Gasteiger partial charge on any atom is 0.219 e. The maximum absolute atomic E-state index is 9.39. The summed E-state index contributed by atoms with van der Waals surface area (Å²) in [6, 6.07) is 0. The van der Waals surface area contributed by atoms with Crippen LogP contribution in [-0.4, -0.2) is 57.7 Å². The van der Waals surface area contributed by atoms with Crippen molar-refractivity contribution in [2.75, 3.05) is 13.2 Å². The first-order valence-electron chi connectivity index (χ1n) is 3.93. The molecule has 8 heteroatoms. The Bertz CT molecular complexity index is 256. The molecular formula is C6H11N3O5. The first kappa shape index (κ1) is 11.2. The molecule has 0 aliphatic carbocycles. The van der Waals surface area contributed by atoms with Crippen LogP contribution in [0.25, 0.3) is 10.4 Å². The zero-order valence-electron chi connectivity index (χ0n) is 7.19. The fraction of sp³-hybridized carbons (Fsp3) is 1.00. The molecule has 0 aromatic heterocycles. The highest BCUT2D eigenvalue weighted by Gasteiger charge is 2.52. The third-order valence-corrected chi connectivity index (χ3v) is 2.07. The molecule has 0 bridgehead atoms. The number of aliphatic hydroxyl groups is 4. The molecule has 1 aliphatic heterocycles. The Kier molecular flexibility index (Phi) is 3.27. The molecular weight excluding hydrogens is 194 g/mol. The van der Waals surface area contributed by atoms with Crippen LogP contribution in [0.2, 0.25) is 0 Å². The summed E-state index contributed by atoms with van der Waals surface area (Å²) in [4.78, 5) is 2.44. The van der Waals surface area contributed by atoms with Crippen LogP contribution in [0.4, 0.5) is 0 Å². The molecule has 80 valence electrons. The van der Waals surface area contributed by atoms with E-state index in [0.717, 1.165) is 0 Å². The highest BCUT2D eigenvalue weighted by atomic mass is 16.7. The van der Waals surface area contributed by atoms with E-state index in [2.05, 4.69) is 10.0 Å². The summed E-state index contributed by atoms with van der Waals surface area (Å²) in [5.41, 5.74) is 8.01. The average Bonchev–Trinajstić information content (AvgIpc) is 2.41. The molecule has 0 radical (unpaired) electrons. The molecule has 8 nitrogen and oxygen atoms in total. The second-order valence-electron chi connectivity index (χ2n) is 3.01. The van der Waals surface area contributed by atoms with Gasteiger partial charge >= 0.3 is 0 Å². The average molecular weight is 205 g/mol. The van der Waals surface area contributed by atoms with Crippen LogP contribution < -0.4 is 0 Å². The number of hydrogen-bond donors (Lipinski definition) is 4. The Balaban J connectivity index is 2.71. The van der Waals surface area contributed by atoms with Gasteiger partial charge in [0.05, 0.1) is 19.3 Å². The Morgan fingerprint density at radius 2 is 2.14 bits per heavy atom. The fourth-order valence-electron chi connectivity index (χ4n) is 1.26. The van der Waals surface area contributed by atoms with E-state index in [9.17, 15) is 15.3 Å². The zero-order chi connectivity index (χ0) is 10.8. The van der Waals surface area contributed by atoms with E-state index in [1.54, 1.807) is 0 Å². The number of hydrogen-bond acceptors (Lipinski definition) is 6. The van der Waals surface area contributed by atoms with Crippen LogP contribution in [0.1, 0.15) is 0 Å². The Morgan fingerprint density at radius 3 is 2.57 bits per heavy atom. The van der Waals surface area contributed by atoms with Crippen molar-refractivity contribution in [1.29, 1.82) is 0 Å². The van der Waals surface area contributed by atoms with E-state index in [1.807, 2.05) is 0 Å². The normalized spacial score (nSPS) is 42.1. The number of ether oxygens (including phenoxy) is 1. The molecule has 1 fully saturated rings. The van der Waals surface area contributed by atoms with Gasteiger partial charge in [-0.3, -0.25) is 0 Å². The molecule has 14 heavy (non-hydrogen) atoms. The molecule has 4 N–H and O–H groups in total. The van der Waals surface area contributed by atoms with Crippen LogP contribution in [0.5, 0.6) is 0 Å². The van der Waals surface area contributed by atoms with E-state index in [-0.39, 0.29) is 6.54 Å². The van der Waals surface area contributed by atoms with Crippen LogP contribution in [0.15, 0.2) is 5.11 Å². The maximum atomic E-state index is 9.39. The van der Waals surface area contributed by atoms with Crippen molar-refractivity contribution in [3.63, 3.8) is 0 Å². The topological polar surface area (TPSA) is 139 Å². The molecule has 1 unspecified atom stereocenters. The third kappa shape index (κ3) is 1.80. The van der Waals surface area contributed by atoms with Crippen molar-refractivity contribution < 1.29 is 25.2 Å². The van der Waals surface area contributed by atoms with Crippen molar-refractivity contribution in [3.8, 4) is 0 Å². The molecule has 1 aliphatic rings. The summed E-state index contributed by atoms with van der Waals surface area (Å²) >= 11 is 0. The Labute approximate surface area is 79.0 Å². The van der Waals surface area contributed by atoms with E-state index >= 15 is 0 Å². The van der Waals surface area contributed by atoms with E-state index in [1.165, 1.54) is 0 Å². The SMILES string of the molecule is [N-]=[N+]=NC[C@H]1OC(O)(CO)[C@@H](O)[C@H]1O. The van der Waals surface area contributed by atoms with E-state index in [4.69, 9.17) is 15.4 Å². The van der Waals surface area contributed by atoms with E-state index in [0.29, 0.717) is 0 Å². The van der Waals surface area contributed by atoms with Gasteiger partial charge in [0.1, 0.15) is 12.2 Å². The lowest BCUT2D eigenvalue weighted by Gasteiger charge is -2.22. The lowest BCUT2D eigenvalue weighted by atomic mass is 10.1. The van der Waals surface area contributed by atoms with Gasteiger partial charge in [0.15, 0.2) is 0 Å². The third-order valence-electron chi connectivity index (χ3n) is 2.07. The molecule has 0 saturated carbocycles. The Morgan fingerprint density at radius 1 is 1.50 bits per heavy atom. The van der Waals surface area contributed by atoms with Crippen molar-refractivity contribution in [3.05, 3.63) is 10.4 Å². The van der Waals surface area contributed by atoms with Crippen LogP contribution in [-0.2, 0) is 4.74 Å². The summed E-state index contributed by atoms with van der Waals surface area (Å²) < 4.78 is 4.77. The van der Waals surface area contributed by atoms with Gasteiger partial charge in [-0.1, -0.05) is 5.11 Å². The van der Waals surface area contributed by atoms with Gasteiger partial charge in [0, 0.05) is 4.91 Å². The predicted octanol–water partition coefficient (Wildman–Crippen LogP) is -1.90. The van der Waals surface area contributed by atoms with Gasteiger partial charge in [-0.15, -0.1) is 0 Å². The zero-order valence-corrected chi connectivity index (χ0v) is 7.19. The van der Waals surface area contributed by atoms with Gasteiger partial charge in [0.25, 0.3) is 0 Å². The molecule has 0 amide bonds. The van der Waals surface area contributed by atoms with Crippen molar-refractivity contribution in [2.45, 2.75) is 24.1 Å². The van der Waals surface area contributed by atoms with Crippen molar-refractivity contribution >= 4 is 0 Å². The van der Waals surface area contributed by atoms with E-state index < -0.39 is 30.7 Å². The van der Waals surface area contributed by atoms with Crippen molar-refractivity contribution in [2.24, 2.45) is 5.11 Å². The number of aliphatic hydroxyl groups excluding tert-OH is 3. The number of rotatable bonds is 3. The lowest BCUT2D eigenvalue weighted by Crippen LogP contribution is -2.46. The van der Waals surface area contributed by atoms with Gasteiger partial charge < -0.3 is 25.2 Å². The standard InChI is InChI=1S/C6H11N3O5/c7-9-8-1-3-4(11)5(12)6(13,2-10)14-3/h3-5,10-13H,1-2H2/t3-,4+,5+,6?/m1/s1. The molecule has 0 aromatic carbocycles. The quantitative estimate of drug-likeness (QED) is 0.242. The smallest absolute Gasteiger partial charge is 0.219 e. The van der Waals surface area contributed by atoms with Crippen LogP contribution in [0.3, 0.4) is 0 Å². The van der Waals surface area contributed by atoms with Crippen LogP contribution >= 0.6 is 0 Å². The minimum absolute atomic E-state index is 0.225. The Hall–Kier alpha value is -0.890. The fourth-order valence-corrected chi connectivity index (χ4v) is 1.26. The van der Waals surface area contributed by atoms with Gasteiger partial charge in [0.2, 0.25) is 5.79 Å². The predicted molar refractivity (Wildman–Crippen MR) is 42.9 cm³/mol. The van der Waals surface area contributed by atoms with Gasteiger partial charge in [-0.25, -0.2) is 0 Å². The van der Waals surface area contributed by atoms with Gasteiger partial charge in [-0.2, -0.15) is 0 Å². The highest BCUT2D eigenvalue weighted by molar-refractivity contribution is 4.95. The van der Waals surface area contributed by atoms with Gasteiger partial charge in [-0.05, 0) is 5.53 Å². The molecule has 1 rings (SSSR count). The minimum atomic E-state index is -2.19. The summed E-state index contributed by atoms with van der Waals surface area (Å²) in [6.45, 7) is -1.07. The van der Waals surface area contributed by atoms with Crippen LogP contribution in [0, 0.1) is 0 Å². The monoisotopic (exact) mass is 205 g/mol. The molecule has 0 spiro atoms. The molecule has 4 atom stereocenters. The highest BCUT2D eigenvalue weighted by Crippen LogP contribution is 2.28. The molecule has 1 heterocycles. The largest absolute Gasteiger partial charge is 0.391 e. The number of nitrogens with zero attached hydrogens (tertiary/aromatic N) is 3. The summed E-state index contributed by atoms with van der Waals surface area (Å²) in [6.07, 6.45) is -4.03.